The molecule has 0 bridgehead atoms. The van der Waals surface area contributed by atoms with Crippen LogP contribution in [0.5, 0.6) is 0 Å². The van der Waals surface area contributed by atoms with Crippen molar-refractivity contribution in [3.63, 3.8) is 0 Å². The Bertz CT molecular complexity index is 299. The van der Waals surface area contributed by atoms with E-state index in [0.29, 0.717) is 12.5 Å². The Kier molecular flexibility index (Phi) is 4.56. The van der Waals surface area contributed by atoms with Gasteiger partial charge in [0, 0.05) is 12.2 Å². The first-order valence-electron chi connectivity index (χ1n) is 5.43. The molecule has 1 rings (SSSR count). The van der Waals surface area contributed by atoms with Gasteiger partial charge in [0.2, 0.25) is 0 Å². The molecule has 3 nitrogen and oxygen atoms in total. The molecule has 0 fully saturated rings. The van der Waals surface area contributed by atoms with Crippen molar-refractivity contribution in [2.24, 2.45) is 5.92 Å². The van der Waals surface area contributed by atoms with Crippen LogP contribution in [0.1, 0.15) is 26.0 Å². The van der Waals surface area contributed by atoms with Crippen LogP contribution in [-0.2, 0) is 0 Å². The number of aryl methyl sites for hydroxylation is 1. The van der Waals surface area contributed by atoms with E-state index in [2.05, 4.69) is 24.1 Å². The van der Waals surface area contributed by atoms with E-state index < -0.39 is 0 Å². The standard InChI is InChI=1S/C12H20N2O/c1-9(2)7-11(15)8-13-12-6-4-5-10(3)14-12/h4-6,9,11,15H,7-8H2,1-3H3,(H,13,14). The van der Waals surface area contributed by atoms with Gasteiger partial charge in [0.15, 0.2) is 0 Å². The summed E-state index contributed by atoms with van der Waals surface area (Å²) in [5.74, 6) is 1.35. The van der Waals surface area contributed by atoms with E-state index in [0.717, 1.165) is 17.9 Å². The van der Waals surface area contributed by atoms with Crippen molar-refractivity contribution in [1.29, 1.82) is 0 Å². The summed E-state index contributed by atoms with van der Waals surface area (Å²) in [7, 11) is 0. The van der Waals surface area contributed by atoms with Crippen molar-refractivity contribution in [3.8, 4) is 0 Å². The average Bonchev–Trinajstić information content (AvgIpc) is 2.14. The Balaban J connectivity index is 2.36. The molecule has 15 heavy (non-hydrogen) atoms. The molecular formula is C12H20N2O. The fraction of sp³-hybridized carbons (Fsp3) is 0.583. The van der Waals surface area contributed by atoms with Crippen LogP contribution in [0.4, 0.5) is 5.82 Å². The number of rotatable bonds is 5. The van der Waals surface area contributed by atoms with E-state index >= 15 is 0 Å². The van der Waals surface area contributed by atoms with E-state index in [1.807, 2.05) is 25.1 Å². The minimum Gasteiger partial charge on any atom is -0.391 e. The zero-order valence-electron chi connectivity index (χ0n) is 9.70. The normalized spacial score (nSPS) is 12.9. The molecular weight excluding hydrogens is 188 g/mol. The molecule has 1 aromatic heterocycles. The zero-order valence-corrected chi connectivity index (χ0v) is 9.70. The summed E-state index contributed by atoms with van der Waals surface area (Å²) >= 11 is 0. The van der Waals surface area contributed by atoms with Gasteiger partial charge in [-0.3, -0.25) is 0 Å². The van der Waals surface area contributed by atoms with Crippen molar-refractivity contribution >= 4 is 5.82 Å². The molecule has 84 valence electrons. The molecule has 0 radical (unpaired) electrons. The molecule has 1 aromatic rings. The van der Waals surface area contributed by atoms with E-state index in [1.165, 1.54) is 0 Å². The topological polar surface area (TPSA) is 45.1 Å². The summed E-state index contributed by atoms with van der Waals surface area (Å²) in [6.45, 7) is 6.73. The summed E-state index contributed by atoms with van der Waals surface area (Å²) < 4.78 is 0. The lowest BCUT2D eigenvalue weighted by Crippen LogP contribution is -2.21. The monoisotopic (exact) mass is 208 g/mol. The van der Waals surface area contributed by atoms with Crippen LogP contribution >= 0.6 is 0 Å². The van der Waals surface area contributed by atoms with E-state index in [1.54, 1.807) is 0 Å². The van der Waals surface area contributed by atoms with Gasteiger partial charge < -0.3 is 10.4 Å². The van der Waals surface area contributed by atoms with Gasteiger partial charge in [0.25, 0.3) is 0 Å². The number of anilines is 1. The second kappa shape index (κ2) is 5.71. The van der Waals surface area contributed by atoms with Crippen LogP contribution in [0.25, 0.3) is 0 Å². The molecule has 3 heteroatoms. The second-order valence-electron chi connectivity index (χ2n) is 4.33. The molecule has 0 amide bonds. The average molecular weight is 208 g/mol. The van der Waals surface area contributed by atoms with Crippen LogP contribution in [-0.4, -0.2) is 22.7 Å². The molecule has 2 N–H and O–H groups in total. The van der Waals surface area contributed by atoms with Crippen LogP contribution < -0.4 is 5.32 Å². The number of nitrogens with zero attached hydrogens (tertiary/aromatic N) is 1. The highest BCUT2D eigenvalue weighted by atomic mass is 16.3. The number of hydrogen-bond acceptors (Lipinski definition) is 3. The van der Waals surface area contributed by atoms with E-state index in [9.17, 15) is 5.11 Å². The number of aliphatic hydroxyl groups excluding tert-OH is 1. The highest BCUT2D eigenvalue weighted by Gasteiger charge is 2.06. The van der Waals surface area contributed by atoms with Gasteiger partial charge in [-0.1, -0.05) is 19.9 Å². The van der Waals surface area contributed by atoms with Gasteiger partial charge in [0.1, 0.15) is 5.82 Å². The minimum atomic E-state index is -0.299. The first-order chi connectivity index (χ1) is 7.08. The number of hydrogen-bond donors (Lipinski definition) is 2. The molecule has 0 aliphatic carbocycles. The highest BCUT2D eigenvalue weighted by Crippen LogP contribution is 2.07. The van der Waals surface area contributed by atoms with E-state index in [-0.39, 0.29) is 6.10 Å². The lowest BCUT2D eigenvalue weighted by Gasteiger charge is -2.14. The van der Waals surface area contributed by atoms with Crippen LogP contribution in [0, 0.1) is 12.8 Å². The summed E-state index contributed by atoms with van der Waals surface area (Å²) in [5.41, 5.74) is 0.985. The molecule has 0 saturated carbocycles. The third kappa shape index (κ3) is 4.79. The molecule has 0 aliphatic heterocycles. The third-order valence-electron chi connectivity index (χ3n) is 2.15. The van der Waals surface area contributed by atoms with Gasteiger partial charge in [-0.05, 0) is 31.4 Å². The van der Waals surface area contributed by atoms with Crippen molar-refractivity contribution in [1.82, 2.24) is 4.98 Å². The summed E-state index contributed by atoms with van der Waals surface area (Å²) in [5, 5.41) is 12.8. The second-order valence-corrected chi connectivity index (χ2v) is 4.33. The Labute approximate surface area is 91.5 Å². The van der Waals surface area contributed by atoms with Gasteiger partial charge in [-0.15, -0.1) is 0 Å². The maximum absolute atomic E-state index is 9.66. The SMILES string of the molecule is Cc1cccc(NCC(O)CC(C)C)n1. The largest absolute Gasteiger partial charge is 0.391 e. The first kappa shape index (κ1) is 12.0. The predicted molar refractivity (Wildman–Crippen MR) is 62.9 cm³/mol. The van der Waals surface area contributed by atoms with E-state index in [4.69, 9.17) is 0 Å². The van der Waals surface area contributed by atoms with Crippen molar-refractivity contribution in [3.05, 3.63) is 23.9 Å². The molecule has 1 heterocycles. The highest BCUT2D eigenvalue weighted by molar-refractivity contribution is 5.35. The quantitative estimate of drug-likeness (QED) is 0.779. The Morgan fingerprint density at radius 1 is 1.40 bits per heavy atom. The molecule has 1 unspecified atom stereocenters. The number of aliphatic hydroxyl groups is 1. The van der Waals surface area contributed by atoms with Crippen LogP contribution in [0.2, 0.25) is 0 Å². The summed E-state index contributed by atoms with van der Waals surface area (Å²) in [4.78, 5) is 4.30. The third-order valence-corrected chi connectivity index (χ3v) is 2.15. The molecule has 0 saturated heterocycles. The lowest BCUT2D eigenvalue weighted by atomic mass is 10.1. The predicted octanol–water partition coefficient (Wildman–Crippen LogP) is 2.21. The van der Waals surface area contributed by atoms with Crippen molar-refractivity contribution in [2.45, 2.75) is 33.3 Å². The zero-order chi connectivity index (χ0) is 11.3. The molecule has 0 aliphatic rings. The number of pyridine rings is 1. The molecule has 1 atom stereocenters. The molecule has 0 spiro atoms. The van der Waals surface area contributed by atoms with Crippen LogP contribution in [0.15, 0.2) is 18.2 Å². The smallest absolute Gasteiger partial charge is 0.126 e. The number of aromatic nitrogens is 1. The first-order valence-corrected chi connectivity index (χ1v) is 5.43. The number of nitrogens with one attached hydrogen (secondary N) is 1. The Hall–Kier alpha value is -1.09. The summed E-state index contributed by atoms with van der Waals surface area (Å²) in [6.07, 6.45) is 0.519. The fourth-order valence-corrected chi connectivity index (χ4v) is 1.49. The Morgan fingerprint density at radius 3 is 2.73 bits per heavy atom. The van der Waals surface area contributed by atoms with Gasteiger partial charge in [-0.25, -0.2) is 4.98 Å². The maximum atomic E-state index is 9.66. The minimum absolute atomic E-state index is 0.299. The van der Waals surface area contributed by atoms with Gasteiger partial charge in [0.05, 0.1) is 6.10 Å². The van der Waals surface area contributed by atoms with Crippen molar-refractivity contribution < 1.29 is 5.11 Å². The Morgan fingerprint density at radius 2 is 2.13 bits per heavy atom. The van der Waals surface area contributed by atoms with Gasteiger partial charge in [-0.2, -0.15) is 0 Å². The van der Waals surface area contributed by atoms with Crippen molar-refractivity contribution in [2.75, 3.05) is 11.9 Å². The van der Waals surface area contributed by atoms with Crippen LogP contribution in [0.3, 0.4) is 0 Å². The molecule has 0 aromatic carbocycles. The lowest BCUT2D eigenvalue weighted by molar-refractivity contribution is 0.161. The van der Waals surface area contributed by atoms with Gasteiger partial charge >= 0.3 is 0 Å². The summed E-state index contributed by atoms with van der Waals surface area (Å²) in [6, 6.07) is 5.82. The maximum Gasteiger partial charge on any atom is 0.126 e. The fourth-order valence-electron chi connectivity index (χ4n) is 1.49.